The fraction of sp³-hybridized carbons (Fsp3) is 0.643. The van der Waals surface area contributed by atoms with Gasteiger partial charge >= 0.3 is 0 Å². The van der Waals surface area contributed by atoms with Crippen molar-refractivity contribution in [2.45, 2.75) is 39.7 Å². The average molecular weight is 250 g/mol. The maximum Gasteiger partial charge on any atom is 0.257 e. The largest absolute Gasteiger partial charge is 0.466 e. The van der Waals surface area contributed by atoms with E-state index < -0.39 is 0 Å². The normalized spacial score (nSPS) is 17.2. The van der Waals surface area contributed by atoms with Crippen molar-refractivity contribution >= 4 is 5.91 Å². The van der Waals surface area contributed by atoms with Gasteiger partial charge in [0.25, 0.3) is 5.91 Å². The van der Waals surface area contributed by atoms with Crippen molar-refractivity contribution in [1.29, 1.82) is 0 Å². The Bertz CT molecular complexity index is 443. The first-order chi connectivity index (χ1) is 8.54. The summed E-state index contributed by atoms with van der Waals surface area (Å²) >= 11 is 0. The van der Waals surface area contributed by atoms with E-state index in [4.69, 9.17) is 4.42 Å². The van der Waals surface area contributed by atoms with Crippen LogP contribution in [0, 0.1) is 20.8 Å². The van der Waals surface area contributed by atoms with Crippen LogP contribution in [-0.2, 0) is 0 Å². The van der Waals surface area contributed by atoms with Gasteiger partial charge in [-0.25, -0.2) is 0 Å². The smallest absolute Gasteiger partial charge is 0.257 e. The molecule has 2 rings (SSSR count). The summed E-state index contributed by atoms with van der Waals surface area (Å²) < 4.78 is 5.54. The zero-order valence-electron chi connectivity index (χ0n) is 11.7. The first kappa shape index (κ1) is 13.1. The molecule has 0 unspecified atom stereocenters. The van der Waals surface area contributed by atoms with Gasteiger partial charge in [0.1, 0.15) is 11.5 Å². The monoisotopic (exact) mass is 250 g/mol. The fourth-order valence-electron chi connectivity index (χ4n) is 2.64. The molecule has 0 saturated carbocycles. The summed E-state index contributed by atoms with van der Waals surface area (Å²) in [6.07, 6.45) is 2.05. The predicted octanol–water partition coefficient (Wildman–Crippen LogP) is 2.03. The molecular weight excluding hydrogens is 228 g/mol. The van der Waals surface area contributed by atoms with Gasteiger partial charge < -0.3 is 14.6 Å². The molecule has 1 saturated heterocycles. The topological polar surface area (TPSA) is 45.5 Å². The number of furan rings is 1. The Morgan fingerprint density at radius 1 is 1.22 bits per heavy atom. The number of carbonyl (C=O) groups excluding carboxylic acids is 1. The number of hydrogen-bond acceptors (Lipinski definition) is 3. The van der Waals surface area contributed by atoms with Crippen molar-refractivity contribution in [1.82, 2.24) is 10.2 Å². The minimum atomic E-state index is 0.122. The maximum absolute atomic E-state index is 12.5. The number of nitrogens with zero attached hydrogens (tertiary/aromatic N) is 1. The summed E-state index contributed by atoms with van der Waals surface area (Å²) in [7, 11) is 1.98. The molecule has 100 valence electrons. The van der Waals surface area contributed by atoms with Crippen LogP contribution in [0.5, 0.6) is 0 Å². The SMILES string of the molecule is CNC1CCN(C(=O)c2c(C)oc(C)c2C)CC1. The molecule has 4 heteroatoms. The molecule has 4 nitrogen and oxygen atoms in total. The number of likely N-dealkylation sites (tertiary alicyclic amines) is 1. The van der Waals surface area contributed by atoms with E-state index in [0.29, 0.717) is 6.04 Å². The lowest BCUT2D eigenvalue weighted by molar-refractivity contribution is 0.0705. The molecule has 0 spiro atoms. The van der Waals surface area contributed by atoms with E-state index >= 15 is 0 Å². The molecule has 18 heavy (non-hydrogen) atoms. The van der Waals surface area contributed by atoms with Gasteiger partial charge in [-0.3, -0.25) is 4.79 Å². The van der Waals surface area contributed by atoms with Gasteiger partial charge in [0, 0.05) is 24.7 Å². The van der Waals surface area contributed by atoms with Crippen molar-refractivity contribution < 1.29 is 9.21 Å². The highest BCUT2D eigenvalue weighted by atomic mass is 16.3. The lowest BCUT2D eigenvalue weighted by atomic mass is 10.0. The lowest BCUT2D eigenvalue weighted by Crippen LogP contribution is -2.44. The first-order valence-corrected chi connectivity index (χ1v) is 6.57. The van der Waals surface area contributed by atoms with Crippen LogP contribution in [0.25, 0.3) is 0 Å². The van der Waals surface area contributed by atoms with Crippen molar-refractivity contribution in [2.24, 2.45) is 0 Å². The summed E-state index contributed by atoms with van der Waals surface area (Å²) in [6.45, 7) is 7.39. The third-order valence-corrected chi connectivity index (χ3v) is 3.97. The Labute approximate surface area is 108 Å². The first-order valence-electron chi connectivity index (χ1n) is 6.57. The quantitative estimate of drug-likeness (QED) is 0.873. The van der Waals surface area contributed by atoms with Crippen molar-refractivity contribution in [3.05, 3.63) is 22.6 Å². The van der Waals surface area contributed by atoms with Gasteiger partial charge in [0.2, 0.25) is 0 Å². The summed E-state index contributed by atoms with van der Waals surface area (Å²) in [4.78, 5) is 14.4. The van der Waals surface area contributed by atoms with Gasteiger partial charge in [0.15, 0.2) is 0 Å². The van der Waals surface area contributed by atoms with Gasteiger partial charge in [-0.2, -0.15) is 0 Å². The van der Waals surface area contributed by atoms with Crippen molar-refractivity contribution in [3.63, 3.8) is 0 Å². The number of amides is 1. The minimum Gasteiger partial charge on any atom is -0.466 e. The van der Waals surface area contributed by atoms with Crippen LogP contribution >= 0.6 is 0 Å². The van der Waals surface area contributed by atoms with Gasteiger partial charge in [-0.15, -0.1) is 0 Å². The third kappa shape index (κ3) is 2.29. The number of aryl methyl sites for hydroxylation is 2. The van der Waals surface area contributed by atoms with Gasteiger partial charge in [-0.1, -0.05) is 0 Å². The zero-order valence-corrected chi connectivity index (χ0v) is 11.7. The van der Waals surface area contributed by atoms with E-state index in [1.54, 1.807) is 0 Å². The highest BCUT2D eigenvalue weighted by Crippen LogP contribution is 2.23. The molecule has 2 heterocycles. The molecule has 1 N–H and O–H groups in total. The summed E-state index contributed by atoms with van der Waals surface area (Å²) in [5, 5.41) is 3.27. The summed E-state index contributed by atoms with van der Waals surface area (Å²) in [6, 6.07) is 0.544. The number of carbonyl (C=O) groups is 1. The Morgan fingerprint density at radius 2 is 1.83 bits per heavy atom. The molecule has 0 aliphatic carbocycles. The predicted molar refractivity (Wildman–Crippen MR) is 70.9 cm³/mol. The average Bonchev–Trinajstić information content (AvgIpc) is 2.63. The van der Waals surface area contributed by atoms with Crippen molar-refractivity contribution in [3.8, 4) is 0 Å². The van der Waals surface area contributed by atoms with Gasteiger partial charge in [0.05, 0.1) is 5.56 Å². The van der Waals surface area contributed by atoms with E-state index in [-0.39, 0.29) is 5.91 Å². The summed E-state index contributed by atoms with van der Waals surface area (Å²) in [5.74, 6) is 1.71. The Morgan fingerprint density at radius 3 is 2.28 bits per heavy atom. The van der Waals surface area contributed by atoms with E-state index in [9.17, 15) is 4.79 Å². The molecule has 0 bridgehead atoms. The molecular formula is C14H22N2O2. The number of hydrogen-bond donors (Lipinski definition) is 1. The number of rotatable bonds is 2. The molecule has 1 fully saturated rings. The second kappa shape index (κ2) is 5.14. The molecule has 1 aromatic rings. The standard InChI is InChI=1S/C14H22N2O2/c1-9-10(2)18-11(3)13(9)14(17)16-7-5-12(15-4)6-8-16/h12,15H,5-8H2,1-4H3. The second-order valence-electron chi connectivity index (χ2n) is 5.07. The van der Waals surface area contributed by atoms with Crippen LogP contribution in [0.4, 0.5) is 0 Å². The van der Waals surface area contributed by atoms with E-state index in [1.807, 2.05) is 32.7 Å². The van der Waals surface area contributed by atoms with E-state index in [0.717, 1.165) is 48.6 Å². The van der Waals surface area contributed by atoms with Crippen LogP contribution in [0.1, 0.15) is 40.3 Å². The third-order valence-electron chi connectivity index (χ3n) is 3.97. The Balaban J connectivity index is 2.13. The molecule has 1 aromatic heterocycles. The highest BCUT2D eigenvalue weighted by molar-refractivity contribution is 5.96. The lowest BCUT2D eigenvalue weighted by Gasteiger charge is -2.31. The van der Waals surface area contributed by atoms with Crippen LogP contribution in [0.15, 0.2) is 4.42 Å². The highest BCUT2D eigenvalue weighted by Gasteiger charge is 2.27. The van der Waals surface area contributed by atoms with Crippen molar-refractivity contribution in [2.75, 3.05) is 20.1 Å². The van der Waals surface area contributed by atoms with E-state index in [2.05, 4.69) is 5.32 Å². The van der Waals surface area contributed by atoms with Crippen LogP contribution in [-0.4, -0.2) is 37.0 Å². The zero-order chi connectivity index (χ0) is 13.3. The Kier molecular flexibility index (Phi) is 3.76. The molecule has 1 aliphatic rings. The second-order valence-corrected chi connectivity index (χ2v) is 5.07. The number of piperidine rings is 1. The molecule has 1 aliphatic heterocycles. The minimum absolute atomic E-state index is 0.122. The fourth-order valence-corrected chi connectivity index (χ4v) is 2.64. The van der Waals surface area contributed by atoms with Gasteiger partial charge in [-0.05, 0) is 40.7 Å². The van der Waals surface area contributed by atoms with Crippen LogP contribution < -0.4 is 5.32 Å². The molecule has 0 aromatic carbocycles. The molecule has 1 amide bonds. The van der Waals surface area contributed by atoms with Crippen LogP contribution in [0.2, 0.25) is 0 Å². The van der Waals surface area contributed by atoms with E-state index in [1.165, 1.54) is 0 Å². The van der Waals surface area contributed by atoms with Crippen LogP contribution in [0.3, 0.4) is 0 Å². The maximum atomic E-state index is 12.5. The Hall–Kier alpha value is -1.29. The number of nitrogens with one attached hydrogen (secondary N) is 1. The summed E-state index contributed by atoms with van der Waals surface area (Å²) in [5.41, 5.74) is 1.74. The molecule has 0 radical (unpaired) electrons. The molecule has 0 atom stereocenters.